The Morgan fingerprint density at radius 3 is 2.32 bits per heavy atom. The van der Waals surface area contributed by atoms with Crippen molar-refractivity contribution in [2.75, 3.05) is 24.5 Å². The molecule has 0 aromatic heterocycles. The Hall–Kier alpha value is -1.84. The van der Waals surface area contributed by atoms with E-state index in [9.17, 15) is 9.59 Å². The maximum absolute atomic E-state index is 12.4. The molecule has 1 saturated heterocycles. The molecular weight excluding hydrogens is 276 g/mol. The Labute approximate surface area is 133 Å². The monoisotopic (exact) mass is 302 g/mol. The van der Waals surface area contributed by atoms with Crippen LogP contribution in [0.5, 0.6) is 0 Å². The zero-order valence-electron chi connectivity index (χ0n) is 13.7. The molecule has 2 amide bonds. The summed E-state index contributed by atoms with van der Waals surface area (Å²) in [6.45, 7) is 5.73. The highest BCUT2D eigenvalue weighted by atomic mass is 16.2. The molecule has 4 heteroatoms. The number of likely N-dealkylation sites (tertiary alicyclic amines) is 1. The van der Waals surface area contributed by atoms with Crippen molar-refractivity contribution in [1.82, 2.24) is 4.90 Å². The first-order chi connectivity index (χ1) is 10.6. The fourth-order valence-corrected chi connectivity index (χ4v) is 3.00. The van der Waals surface area contributed by atoms with Crippen molar-refractivity contribution in [3.8, 4) is 0 Å². The van der Waals surface area contributed by atoms with Crippen LogP contribution in [-0.2, 0) is 9.59 Å². The molecule has 1 aromatic carbocycles. The van der Waals surface area contributed by atoms with Gasteiger partial charge >= 0.3 is 0 Å². The molecular formula is C18H26N2O2. The molecule has 4 nitrogen and oxygen atoms in total. The number of nitrogens with zero attached hydrogens (tertiary/aromatic N) is 2. The highest BCUT2D eigenvalue weighted by molar-refractivity contribution is 5.93. The van der Waals surface area contributed by atoms with Crippen LogP contribution >= 0.6 is 0 Å². The fraction of sp³-hybridized carbons (Fsp3) is 0.556. The third-order valence-electron chi connectivity index (χ3n) is 4.29. The molecule has 0 bridgehead atoms. The maximum Gasteiger partial charge on any atom is 0.224 e. The van der Waals surface area contributed by atoms with Crippen LogP contribution in [0.1, 0.15) is 44.6 Å². The Bertz CT molecular complexity index is 520. The molecule has 0 aliphatic carbocycles. The largest absolute Gasteiger partial charge is 0.343 e. The minimum absolute atomic E-state index is 0.0158. The second-order valence-electron chi connectivity index (χ2n) is 6.00. The molecule has 1 heterocycles. The molecule has 1 aliphatic rings. The van der Waals surface area contributed by atoms with Crippen LogP contribution in [0.15, 0.2) is 24.3 Å². The highest BCUT2D eigenvalue weighted by Crippen LogP contribution is 2.20. The number of hydrogen-bond acceptors (Lipinski definition) is 2. The summed E-state index contributed by atoms with van der Waals surface area (Å²) < 4.78 is 0. The first kappa shape index (κ1) is 16.5. The van der Waals surface area contributed by atoms with Gasteiger partial charge < -0.3 is 9.80 Å². The zero-order chi connectivity index (χ0) is 15.9. The van der Waals surface area contributed by atoms with E-state index in [2.05, 4.69) is 0 Å². The smallest absolute Gasteiger partial charge is 0.224 e. The van der Waals surface area contributed by atoms with Crippen LogP contribution in [0.2, 0.25) is 0 Å². The quantitative estimate of drug-likeness (QED) is 0.857. The summed E-state index contributed by atoms with van der Waals surface area (Å²) in [6.07, 6.45) is 5.02. The molecule has 0 spiro atoms. The van der Waals surface area contributed by atoms with Gasteiger partial charge in [0.2, 0.25) is 11.8 Å². The number of benzene rings is 1. The topological polar surface area (TPSA) is 40.6 Å². The number of aryl methyl sites for hydroxylation is 1. The van der Waals surface area contributed by atoms with Crippen LogP contribution in [0.4, 0.5) is 5.69 Å². The standard InChI is InChI=1S/C18H26N2O2/c1-15-9-5-6-10-17(15)20(16(2)21)14-11-18(22)19-12-7-3-4-8-13-19/h5-6,9-10H,3-4,7-8,11-14H2,1-2H3. The minimum Gasteiger partial charge on any atom is -0.343 e. The first-order valence-electron chi connectivity index (χ1n) is 8.21. The average molecular weight is 302 g/mol. The van der Waals surface area contributed by atoms with Crippen molar-refractivity contribution in [2.45, 2.75) is 46.0 Å². The lowest BCUT2D eigenvalue weighted by molar-refractivity contribution is -0.131. The van der Waals surface area contributed by atoms with Crippen molar-refractivity contribution >= 4 is 17.5 Å². The second kappa shape index (κ2) is 7.97. The number of rotatable bonds is 4. The van der Waals surface area contributed by atoms with E-state index in [1.165, 1.54) is 12.8 Å². The van der Waals surface area contributed by atoms with E-state index in [1.807, 2.05) is 36.1 Å². The van der Waals surface area contributed by atoms with Crippen LogP contribution in [0.3, 0.4) is 0 Å². The van der Waals surface area contributed by atoms with Crippen molar-refractivity contribution in [3.63, 3.8) is 0 Å². The van der Waals surface area contributed by atoms with Gasteiger partial charge in [0.25, 0.3) is 0 Å². The molecule has 1 fully saturated rings. The van der Waals surface area contributed by atoms with Crippen LogP contribution in [-0.4, -0.2) is 36.3 Å². The van der Waals surface area contributed by atoms with Gasteiger partial charge in [-0.3, -0.25) is 9.59 Å². The van der Waals surface area contributed by atoms with E-state index in [0.717, 1.165) is 37.2 Å². The molecule has 22 heavy (non-hydrogen) atoms. The predicted octanol–water partition coefficient (Wildman–Crippen LogP) is 3.14. The molecule has 1 aromatic rings. The molecule has 0 radical (unpaired) electrons. The van der Waals surface area contributed by atoms with Gasteiger partial charge in [0, 0.05) is 38.7 Å². The van der Waals surface area contributed by atoms with Gasteiger partial charge in [-0.25, -0.2) is 0 Å². The van der Waals surface area contributed by atoms with Gasteiger partial charge in [-0.1, -0.05) is 31.0 Å². The van der Waals surface area contributed by atoms with Crippen molar-refractivity contribution in [1.29, 1.82) is 0 Å². The molecule has 0 saturated carbocycles. The molecule has 0 N–H and O–H groups in total. The number of hydrogen-bond donors (Lipinski definition) is 0. The van der Waals surface area contributed by atoms with Gasteiger partial charge in [-0.05, 0) is 31.4 Å². The SMILES string of the molecule is CC(=O)N(CCC(=O)N1CCCCCC1)c1ccccc1C. The zero-order valence-corrected chi connectivity index (χ0v) is 13.7. The van der Waals surface area contributed by atoms with Crippen molar-refractivity contribution in [3.05, 3.63) is 29.8 Å². The number of anilines is 1. The molecule has 1 aliphatic heterocycles. The lowest BCUT2D eigenvalue weighted by atomic mass is 10.1. The van der Waals surface area contributed by atoms with Crippen LogP contribution in [0, 0.1) is 6.92 Å². The summed E-state index contributed by atoms with van der Waals surface area (Å²) in [6, 6.07) is 7.81. The summed E-state index contributed by atoms with van der Waals surface area (Å²) in [5.74, 6) is 0.153. The third-order valence-corrected chi connectivity index (χ3v) is 4.29. The van der Waals surface area contributed by atoms with E-state index in [0.29, 0.717) is 13.0 Å². The fourth-order valence-electron chi connectivity index (χ4n) is 3.00. The van der Waals surface area contributed by atoms with Gasteiger partial charge in [0.1, 0.15) is 0 Å². The van der Waals surface area contributed by atoms with Crippen molar-refractivity contribution in [2.24, 2.45) is 0 Å². The van der Waals surface area contributed by atoms with Gasteiger partial charge in [0.15, 0.2) is 0 Å². The Morgan fingerprint density at radius 2 is 1.73 bits per heavy atom. The number of carbonyl (C=O) groups excluding carboxylic acids is 2. The average Bonchev–Trinajstić information content (AvgIpc) is 2.78. The third kappa shape index (κ3) is 4.33. The van der Waals surface area contributed by atoms with E-state index in [-0.39, 0.29) is 11.8 Å². The summed E-state index contributed by atoms with van der Waals surface area (Å²) in [5.41, 5.74) is 1.96. The summed E-state index contributed by atoms with van der Waals surface area (Å²) in [7, 11) is 0. The molecule has 2 rings (SSSR count). The summed E-state index contributed by atoms with van der Waals surface area (Å²) in [4.78, 5) is 28.0. The van der Waals surface area contributed by atoms with Crippen molar-refractivity contribution < 1.29 is 9.59 Å². The second-order valence-corrected chi connectivity index (χ2v) is 6.00. The normalized spacial score (nSPS) is 15.3. The predicted molar refractivity (Wildman–Crippen MR) is 88.9 cm³/mol. The first-order valence-corrected chi connectivity index (χ1v) is 8.21. The van der Waals surface area contributed by atoms with Gasteiger partial charge in [-0.2, -0.15) is 0 Å². The van der Waals surface area contributed by atoms with E-state index < -0.39 is 0 Å². The molecule has 120 valence electrons. The van der Waals surface area contributed by atoms with Crippen LogP contribution < -0.4 is 4.90 Å². The van der Waals surface area contributed by atoms with E-state index >= 15 is 0 Å². The van der Waals surface area contributed by atoms with Crippen LogP contribution in [0.25, 0.3) is 0 Å². The minimum atomic E-state index is -0.0158. The number of amides is 2. The van der Waals surface area contributed by atoms with Gasteiger partial charge in [0.05, 0.1) is 0 Å². The van der Waals surface area contributed by atoms with Gasteiger partial charge in [-0.15, -0.1) is 0 Å². The Morgan fingerprint density at radius 1 is 1.09 bits per heavy atom. The summed E-state index contributed by atoms with van der Waals surface area (Å²) >= 11 is 0. The Balaban J connectivity index is 1.98. The van der Waals surface area contributed by atoms with E-state index in [4.69, 9.17) is 0 Å². The molecule has 0 atom stereocenters. The number of carbonyl (C=O) groups is 2. The number of para-hydroxylation sites is 1. The van der Waals surface area contributed by atoms with E-state index in [1.54, 1.807) is 11.8 Å². The highest BCUT2D eigenvalue weighted by Gasteiger charge is 2.19. The summed E-state index contributed by atoms with van der Waals surface area (Å²) in [5, 5.41) is 0. The lowest BCUT2D eigenvalue weighted by Crippen LogP contribution is -2.37. The Kier molecular flexibility index (Phi) is 5.99. The maximum atomic E-state index is 12.4. The molecule has 0 unspecified atom stereocenters. The lowest BCUT2D eigenvalue weighted by Gasteiger charge is -2.25.